The van der Waals surface area contributed by atoms with E-state index >= 15 is 0 Å². The number of ether oxygens (including phenoxy) is 3. The standard InChI is InChI=1S/C24H21NO4/c26-24(13-11-18-10-12-22-23(14-18)29-17-28-22)25-15-19-6-8-20(9-7-19)16-27-21-4-2-1-3-5-21/h1-14H,15-17H2,(H,25,26)/b13-11+. The van der Waals surface area contributed by atoms with E-state index in [1.54, 1.807) is 6.08 Å². The molecule has 1 aliphatic rings. The van der Waals surface area contributed by atoms with E-state index in [9.17, 15) is 4.79 Å². The van der Waals surface area contributed by atoms with Gasteiger partial charge < -0.3 is 19.5 Å². The summed E-state index contributed by atoms with van der Waals surface area (Å²) < 4.78 is 16.4. The van der Waals surface area contributed by atoms with Crippen molar-refractivity contribution in [1.29, 1.82) is 0 Å². The van der Waals surface area contributed by atoms with E-state index in [1.807, 2.05) is 72.8 Å². The largest absolute Gasteiger partial charge is 0.489 e. The van der Waals surface area contributed by atoms with E-state index in [0.717, 1.165) is 28.2 Å². The lowest BCUT2D eigenvalue weighted by Gasteiger charge is -2.07. The molecule has 0 aliphatic carbocycles. The zero-order valence-electron chi connectivity index (χ0n) is 15.8. The quantitative estimate of drug-likeness (QED) is 0.614. The molecule has 3 aromatic carbocycles. The Labute approximate surface area is 169 Å². The second-order valence-electron chi connectivity index (χ2n) is 6.58. The molecular formula is C24H21NO4. The van der Waals surface area contributed by atoms with Crippen LogP contribution in [0.15, 0.2) is 78.9 Å². The Morgan fingerprint density at radius 2 is 1.69 bits per heavy atom. The molecule has 0 radical (unpaired) electrons. The Balaban J connectivity index is 1.24. The minimum atomic E-state index is -0.154. The summed E-state index contributed by atoms with van der Waals surface area (Å²) in [5.41, 5.74) is 2.98. The lowest BCUT2D eigenvalue weighted by Crippen LogP contribution is -2.20. The van der Waals surface area contributed by atoms with Crippen LogP contribution in [-0.4, -0.2) is 12.7 Å². The maximum Gasteiger partial charge on any atom is 0.244 e. The SMILES string of the molecule is O=C(/C=C/c1ccc2c(c1)OCO2)NCc1ccc(COc2ccccc2)cc1. The molecule has 29 heavy (non-hydrogen) atoms. The summed E-state index contributed by atoms with van der Waals surface area (Å²) in [7, 11) is 0. The molecule has 0 saturated carbocycles. The first-order valence-electron chi connectivity index (χ1n) is 9.37. The molecule has 1 amide bonds. The molecular weight excluding hydrogens is 366 g/mol. The highest BCUT2D eigenvalue weighted by atomic mass is 16.7. The van der Waals surface area contributed by atoms with Crippen LogP contribution < -0.4 is 19.5 Å². The van der Waals surface area contributed by atoms with Crippen LogP contribution >= 0.6 is 0 Å². The van der Waals surface area contributed by atoms with Gasteiger partial charge in [0.25, 0.3) is 0 Å². The Morgan fingerprint density at radius 1 is 0.931 bits per heavy atom. The smallest absolute Gasteiger partial charge is 0.244 e. The van der Waals surface area contributed by atoms with Crippen LogP contribution in [0.5, 0.6) is 17.2 Å². The van der Waals surface area contributed by atoms with Gasteiger partial charge in [0, 0.05) is 12.6 Å². The van der Waals surface area contributed by atoms with Crippen LogP contribution in [0, 0.1) is 0 Å². The van der Waals surface area contributed by atoms with Crippen molar-refractivity contribution in [3.05, 3.63) is 95.6 Å². The fourth-order valence-corrected chi connectivity index (χ4v) is 2.87. The number of hydrogen-bond acceptors (Lipinski definition) is 4. The first kappa shape index (κ1) is 18.6. The van der Waals surface area contributed by atoms with Crippen molar-refractivity contribution in [3.8, 4) is 17.2 Å². The third-order valence-electron chi connectivity index (χ3n) is 4.46. The van der Waals surface area contributed by atoms with Crippen LogP contribution in [0.2, 0.25) is 0 Å². The van der Waals surface area contributed by atoms with Crippen LogP contribution in [0.4, 0.5) is 0 Å². The fourth-order valence-electron chi connectivity index (χ4n) is 2.87. The van der Waals surface area contributed by atoms with E-state index in [-0.39, 0.29) is 12.7 Å². The molecule has 3 aromatic rings. The van der Waals surface area contributed by atoms with Gasteiger partial charge in [0.05, 0.1) is 0 Å². The number of carbonyl (C=O) groups is 1. The summed E-state index contributed by atoms with van der Waals surface area (Å²) in [6.07, 6.45) is 3.26. The number of nitrogens with one attached hydrogen (secondary N) is 1. The third-order valence-corrected chi connectivity index (χ3v) is 4.46. The van der Waals surface area contributed by atoms with Gasteiger partial charge >= 0.3 is 0 Å². The number of fused-ring (bicyclic) bond motifs is 1. The predicted octanol–water partition coefficient (Wildman–Crippen LogP) is 4.32. The van der Waals surface area contributed by atoms with E-state index < -0.39 is 0 Å². The van der Waals surface area contributed by atoms with Gasteiger partial charge in [-0.2, -0.15) is 0 Å². The van der Waals surface area contributed by atoms with E-state index in [1.165, 1.54) is 6.08 Å². The van der Waals surface area contributed by atoms with Gasteiger partial charge in [-0.15, -0.1) is 0 Å². The van der Waals surface area contributed by atoms with Crippen LogP contribution in [-0.2, 0) is 17.9 Å². The molecule has 0 unspecified atom stereocenters. The highest BCUT2D eigenvalue weighted by Crippen LogP contribution is 2.32. The van der Waals surface area contributed by atoms with Gasteiger partial charge in [0.2, 0.25) is 12.7 Å². The molecule has 4 rings (SSSR count). The Bertz CT molecular complexity index is 997. The lowest BCUT2D eigenvalue weighted by molar-refractivity contribution is -0.116. The first-order valence-corrected chi connectivity index (χ1v) is 9.37. The average Bonchev–Trinajstić information content (AvgIpc) is 3.24. The fraction of sp³-hybridized carbons (Fsp3) is 0.125. The zero-order chi connectivity index (χ0) is 19.9. The molecule has 0 saturated heterocycles. The molecule has 5 nitrogen and oxygen atoms in total. The number of carbonyl (C=O) groups excluding carboxylic acids is 1. The third kappa shape index (κ3) is 5.17. The molecule has 0 spiro atoms. The second-order valence-corrected chi connectivity index (χ2v) is 6.58. The monoisotopic (exact) mass is 387 g/mol. The minimum Gasteiger partial charge on any atom is -0.489 e. The molecule has 146 valence electrons. The zero-order valence-corrected chi connectivity index (χ0v) is 15.8. The molecule has 1 heterocycles. The summed E-state index contributed by atoms with van der Waals surface area (Å²) in [5, 5.41) is 2.89. The summed E-state index contributed by atoms with van der Waals surface area (Å²) in [6, 6.07) is 23.3. The van der Waals surface area contributed by atoms with Crippen molar-refractivity contribution in [2.75, 3.05) is 6.79 Å². The number of para-hydroxylation sites is 1. The number of hydrogen-bond donors (Lipinski definition) is 1. The van der Waals surface area contributed by atoms with Gasteiger partial charge in [0.15, 0.2) is 11.5 Å². The Morgan fingerprint density at radius 3 is 2.52 bits per heavy atom. The highest BCUT2D eigenvalue weighted by molar-refractivity contribution is 5.91. The summed E-state index contributed by atoms with van der Waals surface area (Å²) >= 11 is 0. The molecule has 5 heteroatoms. The van der Waals surface area contributed by atoms with Gasteiger partial charge in [-0.3, -0.25) is 4.79 Å². The Kier molecular flexibility index (Phi) is 5.76. The van der Waals surface area contributed by atoms with Gasteiger partial charge in [-0.05, 0) is 47.0 Å². The topological polar surface area (TPSA) is 56.8 Å². The first-order chi connectivity index (χ1) is 14.3. The van der Waals surface area contributed by atoms with Gasteiger partial charge in [-0.25, -0.2) is 0 Å². The van der Waals surface area contributed by atoms with Crippen molar-refractivity contribution in [3.63, 3.8) is 0 Å². The van der Waals surface area contributed by atoms with Crippen molar-refractivity contribution >= 4 is 12.0 Å². The summed E-state index contributed by atoms with van der Waals surface area (Å²) in [4.78, 5) is 12.1. The van der Waals surface area contributed by atoms with E-state index in [4.69, 9.17) is 14.2 Å². The van der Waals surface area contributed by atoms with Crippen molar-refractivity contribution in [2.45, 2.75) is 13.2 Å². The number of benzene rings is 3. The number of amides is 1. The highest BCUT2D eigenvalue weighted by Gasteiger charge is 2.12. The maximum atomic E-state index is 12.1. The molecule has 0 bridgehead atoms. The van der Waals surface area contributed by atoms with E-state index in [2.05, 4.69) is 5.32 Å². The summed E-state index contributed by atoms with van der Waals surface area (Å²) in [5.74, 6) is 2.12. The molecule has 0 aromatic heterocycles. The average molecular weight is 387 g/mol. The van der Waals surface area contributed by atoms with Crippen molar-refractivity contribution in [2.24, 2.45) is 0 Å². The molecule has 1 aliphatic heterocycles. The summed E-state index contributed by atoms with van der Waals surface area (Å²) in [6.45, 7) is 1.21. The van der Waals surface area contributed by atoms with Gasteiger partial charge in [0.1, 0.15) is 12.4 Å². The maximum absolute atomic E-state index is 12.1. The molecule has 0 fully saturated rings. The van der Waals surface area contributed by atoms with Crippen LogP contribution in [0.25, 0.3) is 6.08 Å². The lowest BCUT2D eigenvalue weighted by atomic mass is 10.1. The second kappa shape index (κ2) is 8.97. The van der Waals surface area contributed by atoms with Crippen molar-refractivity contribution in [1.82, 2.24) is 5.32 Å². The van der Waals surface area contributed by atoms with Crippen molar-refractivity contribution < 1.29 is 19.0 Å². The van der Waals surface area contributed by atoms with Gasteiger partial charge in [-0.1, -0.05) is 48.5 Å². The van der Waals surface area contributed by atoms with Crippen LogP contribution in [0.1, 0.15) is 16.7 Å². The molecule has 0 atom stereocenters. The van der Waals surface area contributed by atoms with E-state index in [0.29, 0.717) is 18.9 Å². The predicted molar refractivity (Wildman–Crippen MR) is 111 cm³/mol. The normalized spacial score (nSPS) is 12.1. The van der Waals surface area contributed by atoms with Crippen LogP contribution in [0.3, 0.4) is 0 Å². The minimum absolute atomic E-state index is 0.154. The number of rotatable bonds is 7. The Hall–Kier alpha value is -3.73. The molecule has 1 N–H and O–H groups in total.